The van der Waals surface area contributed by atoms with E-state index in [0.29, 0.717) is 35.0 Å². The molecule has 0 spiro atoms. The van der Waals surface area contributed by atoms with E-state index in [1.54, 1.807) is 24.3 Å². The van der Waals surface area contributed by atoms with Gasteiger partial charge in [0, 0.05) is 0 Å². The molecule has 2 aromatic carbocycles. The molecule has 0 radical (unpaired) electrons. The van der Waals surface area contributed by atoms with Gasteiger partial charge in [-0.3, -0.25) is 24.6 Å². The van der Waals surface area contributed by atoms with Crippen LogP contribution in [0, 0.1) is 17.8 Å². The number of methoxy groups -OCH3 is 1. The van der Waals surface area contributed by atoms with Gasteiger partial charge >= 0.3 is 17.9 Å². The maximum atomic E-state index is 14.2. The summed E-state index contributed by atoms with van der Waals surface area (Å²) in [5, 5.41) is 31.2. The van der Waals surface area contributed by atoms with Crippen molar-refractivity contribution in [2.45, 2.75) is 38.5 Å². The number of esters is 1. The number of fused-ring (bicyclic) bond motifs is 2. The Morgan fingerprint density at radius 1 is 0.919 bits per heavy atom. The van der Waals surface area contributed by atoms with Crippen LogP contribution < -0.4 is 0 Å². The zero-order chi connectivity index (χ0) is 27.3. The predicted octanol–water partition coefficient (Wildman–Crippen LogP) is 4.16. The quantitative estimate of drug-likeness (QED) is 0.201. The first-order valence-corrected chi connectivity index (χ1v) is 11.4. The van der Waals surface area contributed by atoms with E-state index in [4.69, 9.17) is 5.11 Å². The summed E-state index contributed by atoms with van der Waals surface area (Å²) in [6, 6.07) is 9.56. The number of carbonyl (C=O) groups is 3. The van der Waals surface area contributed by atoms with Crippen LogP contribution in [-0.4, -0.2) is 55.6 Å². The number of carbonyl (C=O) groups excluding carboxylic acids is 1. The number of rotatable bonds is 8. The fraction of sp³-hybridized carbons (Fsp3) is 0.320. The zero-order valence-corrected chi connectivity index (χ0v) is 20.3. The Bertz CT molecular complexity index is 1360. The second kappa shape index (κ2) is 11.1. The molecule has 2 aromatic heterocycles. The Morgan fingerprint density at radius 2 is 1.38 bits per heavy atom. The molecule has 0 unspecified atom stereocenters. The average Bonchev–Trinajstić information content (AvgIpc) is 3.43. The third kappa shape index (κ3) is 5.13. The summed E-state index contributed by atoms with van der Waals surface area (Å²) < 4.78 is 32.4. The lowest BCUT2D eigenvalue weighted by Gasteiger charge is -2.37. The summed E-state index contributed by atoms with van der Waals surface area (Å²) in [7, 11) is 1.14. The van der Waals surface area contributed by atoms with Crippen LogP contribution in [0.15, 0.2) is 36.4 Å². The highest BCUT2D eigenvalue weighted by Gasteiger charge is 2.48. The van der Waals surface area contributed by atoms with Gasteiger partial charge in [0.05, 0.1) is 28.9 Å². The first kappa shape index (κ1) is 27.2. The fourth-order valence-electron chi connectivity index (χ4n) is 4.60. The number of carboxylic acids is 2. The number of carboxylic acid groups (broad SMARTS) is 2. The van der Waals surface area contributed by atoms with E-state index < -0.39 is 41.6 Å². The van der Waals surface area contributed by atoms with Gasteiger partial charge < -0.3 is 14.9 Å². The van der Waals surface area contributed by atoms with Crippen LogP contribution in [0.2, 0.25) is 0 Å². The first-order valence-electron chi connectivity index (χ1n) is 11.4. The third-order valence-electron chi connectivity index (χ3n) is 6.38. The molecule has 4 rings (SSSR count). The normalized spacial score (nSPS) is 11.4. The van der Waals surface area contributed by atoms with Crippen molar-refractivity contribution >= 4 is 39.7 Å². The van der Waals surface area contributed by atoms with Gasteiger partial charge in [-0.25, -0.2) is 0 Å². The summed E-state index contributed by atoms with van der Waals surface area (Å²) in [5.74, 6) is -4.52. The minimum absolute atomic E-state index is 0.217. The number of aromatic amines is 2. The van der Waals surface area contributed by atoms with Gasteiger partial charge in [-0.15, -0.1) is 0 Å². The maximum Gasteiger partial charge on any atom is 0.318 e. The molecule has 0 aliphatic heterocycles. The number of nitrogens with one attached hydrogen (secondary N) is 2. The number of ether oxygens (including phenoxy) is 1. The lowest BCUT2D eigenvalue weighted by molar-refractivity contribution is -0.149. The number of benzene rings is 2. The van der Waals surface area contributed by atoms with Crippen molar-refractivity contribution in [1.82, 2.24) is 20.4 Å². The molecule has 0 aliphatic carbocycles. The summed E-state index contributed by atoms with van der Waals surface area (Å²) in [6.07, 6.45) is 0.581. The Balaban J connectivity index is 0.000000414. The summed E-state index contributed by atoms with van der Waals surface area (Å²) in [5.41, 5.74) is 0.182. The summed E-state index contributed by atoms with van der Waals surface area (Å²) in [4.78, 5) is 32.6. The Kier molecular flexibility index (Phi) is 8.21. The molecule has 0 saturated carbocycles. The van der Waals surface area contributed by atoms with E-state index in [1.165, 1.54) is 12.1 Å². The number of nitrogens with zero attached hydrogens (tertiary/aromatic N) is 2. The van der Waals surface area contributed by atoms with E-state index in [9.17, 15) is 28.3 Å². The van der Waals surface area contributed by atoms with Crippen LogP contribution in [0.5, 0.6) is 0 Å². The molecule has 196 valence electrons. The van der Waals surface area contributed by atoms with E-state index in [0.717, 1.165) is 7.11 Å². The fourth-order valence-corrected chi connectivity index (χ4v) is 4.60. The van der Waals surface area contributed by atoms with Crippen LogP contribution in [0.4, 0.5) is 8.78 Å². The number of aromatic nitrogens is 4. The smallest absolute Gasteiger partial charge is 0.318 e. The van der Waals surface area contributed by atoms with Gasteiger partial charge in [0.25, 0.3) is 0 Å². The Labute approximate surface area is 209 Å². The van der Waals surface area contributed by atoms with E-state index in [-0.39, 0.29) is 16.7 Å². The monoisotopic (exact) mass is 516 g/mol. The number of aliphatic carboxylic acids is 2. The second-order valence-corrected chi connectivity index (χ2v) is 8.31. The minimum atomic E-state index is -1.49. The molecular weight excluding hydrogens is 490 g/mol. The van der Waals surface area contributed by atoms with E-state index in [1.807, 2.05) is 13.8 Å². The van der Waals surface area contributed by atoms with Crippen molar-refractivity contribution in [3.8, 4) is 0 Å². The highest BCUT2D eigenvalue weighted by molar-refractivity contribution is 5.91. The van der Waals surface area contributed by atoms with Crippen LogP contribution in [0.1, 0.15) is 44.2 Å². The Hall–Kier alpha value is -4.35. The molecule has 4 aromatic rings. The molecule has 0 aliphatic rings. The van der Waals surface area contributed by atoms with Crippen LogP contribution in [0.25, 0.3) is 21.8 Å². The lowest BCUT2D eigenvalue weighted by atomic mass is 9.63. The maximum absolute atomic E-state index is 14.2. The van der Waals surface area contributed by atoms with Crippen molar-refractivity contribution in [3.05, 3.63) is 59.4 Å². The molecule has 0 atom stereocenters. The van der Waals surface area contributed by atoms with Crippen molar-refractivity contribution in [2.75, 3.05) is 7.11 Å². The predicted molar refractivity (Wildman–Crippen MR) is 129 cm³/mol. The number of H-pyrrole nitrogens is 2. The minimum Gasteiger partial charge on any atom is -0.481 e. The van der Waals surface area contributed by atoms with Crippen LogP contribution >= 0.6 is 0 Å². The molecule has 0 bridgehead atoms. The van der Waals surface area contributed by atoms with Crippen molar-refractivity contribution in [3.63, 3.8) is 0 Å². The van der Waals surface area contributed by atoms with E-state index >= 15 is 0 Å². The first-order chi connectivity index (χ1) is 17.6. The van der Waals surface area contributed by atoms with Crippen LogP contribution in [-0.2, 0) is 24.5 Å². The number of hydrogen-bond donors (Lipinski definition) is 4. The van der Waals surface area contributed by atoms with Crippen molar-refractivity contribution in [2.24, 2.45) is 5.92 Å². The van der Waals surface area contributed by atoms with Gasteiger partial charge in [-0.1, -0.05) is 38.8 Å². The van der Waals surface area contributed by atoms with Gasteiger partial charge in [-0.05, 0) is 41.3 Å². The molecule has 0 amide bonds. The summed E-state index contributed by atoms with van der Waals surface area (Å²) in [6.45, 7) is 3.83. The average molecular weight is 517 g/mol. The van der Waals surface area contributed by atoms with Gasteiger partial charge in [0.1, 0.15) is 11.8 Å². The molecule has 4 N–H and O–H groups in total. The van der Waals surface area contributed by atoms with Crippen molar-refractivity contribution < 1.29 is 38.1 Å². The zero-order valence-electron chi connectivity index (χ0n) is 20.3. The summed E-state index contributed by atoms with van der Waals surface area (Å²) >= 11 is 0. The lowest BCUT2D eigenvalue weighted by Crippen LogP contribution is -2.44. The molecule has 12 heteroatoms. The van der Waals surface area contributed by atoms with Gasteiger partial charge in [-0.2, -0.15) is 19.0 Å². The Morgan fingerprint density at radius 3 is 1.70 bits per heavy atom. The molecular formula is C25H26F2N4O6. The number of hydrogen-bond acceptors (Lipinski definition) is 6. The largest absolute Gasteiger partial charge is 0.481 e. The molecule has 0 saturated heterocycles. The van der Waals surface area contributed by atoms with Gasteiger partial charge in [0.2, 0.25) is 11.9 Å². The van der Waals surface area contributed by atoms with E-state index in [2.05, 4.69) is 25.1 Å². The standard InChI is InChI=1S/C21H20F2N4O2.C4H6O4/c1-3-11(4-2)21(20(28)29,12-5-7-16-14(9-12)18(22)26-24-16)13-6-8-17-15(10-13)19(23)27-25-17;1-8-4(7)2-3(5)6/h5-11H,3-4H2,1-2H3,(H,24,26)(H,25,27)(H,28,29);2H2,1H3,(H,5,6). The SMILES string of the molecule is CCC(CC)C(C(=O)O)(c1ccc2n[nH]c(F)c2c1)c1ccc2n[nH]c(F)c2c1.COC(=O)CC(=O)O. The molecule has 37 heavy (non-hydrogen) atoms. The molecule has 10 nitrogen and oxygen atoms in total. The van der Waals surface area contributed by atoms with Gasteiger partial charge in [0.15, 0.2) is 0 Å². The topological polar surface area (TPSA) is 158 Å². The molecule has 2 heterocycles. The van der Waals surface area contributed by atoms with Crippen LogP contribution in [0.3, 0.4) is 0 Å². The number of halogens is 2. The van der Waals surface area contributed by atoms with Crippen molar-refractivity contribution in [1.29, 1.82) is 0 Å². The highest BCUT2D eigenvalue weighted by Crippen LogP contribution is 2.44. The third-order valence-corrected chi connectivity index (χ3v) is 6.38. The second-order valence-electron chi connectivity index (χ2n) is 8.31. The highest BCUT2D eigenvalue weighted by atomic mass is 19.1. The molecule has 0 fully saturated rings.